The van der Waals surface area contributed by atoms with Crippen LogP contribution in [0.15, 0.2) is 21.1 Å². The van der Waals surface area contributed by atoms with E-state index in [1.807, 2.05) is 12.1 Å². The minimum absolute atomic E-state index is 0.470. The average Bonchev–Trinajstić information content (AvgIpc) is 2.58. The van der Waals surface area contributed by atoms with Crippen molar-refractivity contribution in [2.24, 2.45) is 0 Å². The first kappa shape index (κ1) is 11.3. The number of fused-ring (bicyclic) bond motifs is 1. The third-order valence-electron chi connectivity index (χ3n) is 2.66. The molecule has 0 saturated heterocycles. The Labute approximate surface area is 106 Å². The van der Waals surface area contributed by atoms with E-state index in [0.717, 1.165) is 33.3 Å². The van der Waals surface area contributed by atoms with Crippen molar-refractivity contribution in [3.8, 4) is 11.5 Å². The molecule has 1 heterocycles. The molecule has 0 saturated carbocycles. The molecule has 1 aliphatic rings. The van der Waals surface area contributed by atoms with E-state index < -0.39 is 5.79 Å². The zero-order valence-electron chi connectivity index (χ0n) is 8.64. The Morgan fingerprint density at radius 3 is 1.73 bits per heavy atom. The topological polar surface area (TPSA) is 18.5 Å². The van der Waals surface area contributed by atoms with Gasteiger partial charge in [0.25, 0.3) is 5.79 Å². The van der Waals surface area contributed by atoms with Crippen molar-refractivity contribution in [1.82, 2.24) is 0 Å². The molecule has 0 amide bonds. The normalized spacial score (nSPS) is 16.8. The summed E-state index contributed by atoms with van der Waals surface area (Å²) < 4.78 is 13.7. The van der Waals surface area contributed by atoms with Gasteiger partial charge in [-0.2, -0.15) is 0 Å². The van der Waals surface area contributed by atoms with Crippen LogP contribution in [0.3, 0.4) is 0 Å². The molecule has 4 heteroatoms. The summed E-state index contributed by atoms with van der Waals surface area (Å²) >= 11 is 6.90. The molecule has 0 aliphatic carbocycles. The largest absolute Gasteiger partial charge is 0.448 e. The van der Waals surface area contributed by atoms with Crippen LogP contribution in [0.25, 0.3) is 0 Å². The van der Waals surface area contributed by atoms with Gasteiger partial charge in [0.1, 0.15) is 0 Å². The first-order chi connectivity index (χ1) is 7.10. The molecule has 2 nitrogen and oxygen atoms in total. The van der Waals surface area contributed by atoms with Crippen molar-refractivity contribution in [2.75, 3.05) is 0 Å². The van der Waals surface area contributed by atoms with Crippen molar-refractivity contribution in [3.05, 3.63) is 21.1 Å². The van der Waals surface area contributed by atoms with Crippen LogP contribution >= 0.6 is 31.9 Å². The highest BCUT2D eigenvalue weighted by Gasteiger charge is 2.38. The molecule has 0 N–H and O–H groups in total. The summed E-state index contributed by atoms with van der Waals surface area (Å²) in [6, 6.07) is 3.87. The quantitative estimate of drug-likeness (QED) is 0.792. The minimum atomic E-state index is -0.470. The Kier molecular flexibility index (Phi) is 2.99. The molecule has 1 aromatic rings. The molecule has 0 unspecified atom stereocenters. The maximum absolute atomic E-state index is 5.86. The van der Waals surface area contributed by atoms with E-state index in [0.29, 0.717) is 0 Å². The van der Waals surface area contributed by atoms with E-state index in [1.165, 1.54) is 0 Å². The summed E-state index contributed by atoms with van der Waals surface area (Å²) in [5, 5.41) is 0. The summed E-state index contributed by atoms with van der Waals surface area (Å²) in [6.45, 7) is 4.14. The molecule has 0 atom stereocenters. The van der Waals surface area contributed by atoms with E-state index in [1.54, 1.807) is 0 Å². The average molecular weight is 336 g/mol. The van der Waals surface area contributed by atoms with Crippen LogP contribution < -0.4 is 9.47 Å². The second kappa shape index (κ2) is 3.98. The monoisotopic (exact) mass is 334 g/mol. The van der Waals surface area contributed by atoms with Gasteiger partial charge in [0, 0.05) is 21.8 Å². The lowest BCUT2D eigenvalue weighted by molar-refractivity contribution is -0.0843. The van der Waals surface area contributed by atoms with E-state index in [2.05, 4.69) is 45.7 Å². The molecular formula is C11H12Br2O2. The fourth-order valence-electron chi connectivity index (χ4n) is 1.63. The summed E-state index contributed by atoms with van der Waals surface area (Å²) in [4.78, 5) is 0. The molecular weight excluding hydrogens is 324 g/mol. The van der Waals surface area contributed by atoms with Crippen molar-refractivity contribution < 1.29 is 9.47 Å². The lowest BCUT2D eigenvalue weighted by atomic mass is 10.1. The molecule has 1 aromatic carbocycles. The number of rotatable bonds is 2. The molecule has 0 bridgehead atoms. The fourth-order valence-corrected chi connectivity index (χ4v) is 2.27. The standard InChI is InChI=1S/C11H12Br2O2/c1-3-11(4-2)14-9-5-7(12)8(13)6-10(9)15-11/h5-6H,3-4H2,1-2H3. The molecule has 0 spiro atoms. The van der Waals surface area contributed by atoms with E-state index in [4.69, 9.17) is 9.47 Å². The lowest BCUT2D eigenvalue weighted by Gasteiger charge is -2.24. The third kappa shape index (κ3) is 1.89. The van der Waals surface area contributed by atoms with Gasteiger partial charge in [0.15, 0.2) is 11.5 Å². The molecule has 0 aromatic heterocycles. The summed E-state index contributed by atoms with van der Waals surface area (Å²) in [5.41, 5.74) is 0. The number of ether oxygens (including phenoxy) is 2. The zero-order valence-corrected chi connectivity index (χ0v) is 11.8. The van der Waals surface area contributed by atoms with Crippen molar-refractivity contribution >= 4 is 31.9 Å². The van der Waals surface area contributed by atoms with Crippen LogP contribution in [0, 0.1) is 0 Å². The van der Waals surface area contributed by atoms with E-state index in [-0.39, 0.29) is 0 Å². The smallest absolute Gasteiger partial charge is 0.251 e. The first-order valence-electron chi connectivity index (χ1n) is 4.97. The number of halogens is 2. The van der Waals surface area contributed by atoms with Gasteiger partial charge in [0.2, 0.25) is 0 Å². The lowest BCUT2D eigenvalue weighted by Crippen LogP contribution is -2.36. The van der Waals surface area contributed by atoms with E-state index >= 15 is 0 Å². The van der Waals surface area contributed by atoms with Gasteiger partial charge >= 0.3 is 0 Å². The van der Waals surface area contributed by atoms with Crippen molar-refractivity contribution in [2.45, 2.75) is 32.5 Å². The Bertz CT molecular complexity index is 353. The van der Waals surface area contributed by atoms with Crippen LogP contribution in [-0.2, 0) is 0 Å². The first-order valence-corrected chi connectivity index (χ1v) is 6.56. The van der Waals surface area contributed by atoms with Crippen LogP contribution in [0.5, 0.6) is 11.5 Å². The Balaban J connectivity index is 2.38. The minimum Gasteiger partial charge on any atom is -0.448 e. The van der Waals surface area contributed by atoms with Crippen molar-refractivity contribution in [3.63, 3.8) is 0 Å². The molecule has 82 valence electrons. The van der Waals surface area contributed by atoms with Gasteiger partial charge in [-0.25, -0.2) is 0 Å². The zero-order chi connectivity index (χ0) is 11.1. The molecule has 1 aliphatic heterocycles. The van der Waals surface area contributed by atoms with Crippen LogP contribution in [-0.4, -0.2) is 5.79 Å². The Morgan fingerprint density at radius 2 is 1.40 bits per heavy atom. The molecule has 0 radical (unpaired) electrons. The maximum atomic E-state index is 5.86. The van der Waals surface area contributed by atoms with Gasteiger partial charge in [-0.05, 0) is 44.0 Å². The highest BCUT2D eigenvalue weighted by atomic mass is 79.9. The summed E-state index contributed by atoms with van der Waals surface area (Å²) in [5.74, 6) is 1.16. The van der Waals surface area contributed by atoms with Gasteiger partial charge in [0.05, 0.1) is 0 Å². The highest BCUT2D eigenvalue weighted by Crippen LogP contribution is 2.45. The van der Waals surface area contributed by atoms with Crippen LogP contribution in [0.2, 0.25) is 0 Å². The Morgan fingerprint density at radius 1 is 1.00 bits per heavy atom. The maximum Gasteiger partial charge on any atom is 0.251 e. The fraction of sp³-hybridized carbons (Fsp3) is 0.455. The van der Waals surface area contributed by atoms with Gasteiger partial charge in [-0.3, -0.25) is 0 Å². The van der Waals surface area contributed by atoms with E-state index in [9.17, 15) is 0 Å². The van der Waals surface area contributed by atoms with Crippen LogP contribution in [0.4, 0.5) is 0 Å². The van der Waals surface area contributed by atoms with Gasteiger partial charge < -0.3 is 9.47 Å². The molecule has 2 rings (SSSR count). The second-order valence-electron chi connectivity index (χ2n) is 3.53. The molecule has 15 heavy (non-hydrogen) atoms. The number of hydrogen-bond donors (Lipinski definition) is 0. The summed E-state index contributed by atoms with van der Waals surface area (Å²) in [6.07, 6.45) is 1.68. The predicted molar refractivity (Wildman–Crippen MR) is 66.4 cm³/mol. The molecule has 0 fully saturated rings. The van der Waals surface area contributed by atoms with Gasteiger partial charge in [-0.15, -0.1) is 0 Å². The third-order valence-corrected chi connectivity index (χ3v) is 4.50. The SMILES string of the molecule is CCC1(CC)Oc2cc(Br)c(Br)cc2O1. The predicted octanol–water partition coefficient (Wildman–Crippen LogP) is 4.50. The van der Waals surface area contributed by atoms with Gasteiger partial charge in [-0.1, -0.05) is 13.8 Å². The summed E-state index contributed by atoms with van der Waals surface area (Å²) in [7, 11) is 0. The van der Waals surface area contributed by atoms with Crippen LogP contribution in [0.1, 0.15) is 26.7 Å². The van der Waals surface area contributed by atoms with Crippen molar-refractivity contribution in [1.29, 1.82) is 0 Å². The Hall–Kier alpha value is -0.220. The number of hydrogen-bond acceptors (Lipinski definition) is 2. The highest BCUT2D eigenvalue weighted by molar-refractivity contribution is 9.13. The number of benzene rings is 1. The second-order valence-corrected chi connectivity index (χ2v) is 5.24.